The molecule has 0 radical (unpaired) electrons. The molecular weight excluding hydrogens is 204 g/mol. The fourth-order valence-electron chi connectivity index (χ4n) is 1.55. The molecule has 2 atom stereocenters. The van der Waals surface area contributed by atoms with Crippen LogP contribution in [0.5, 0.6) is 0 Å². The minimum absolute atomic E-state index is 0.561. The zero-order valence-electron chi connectivity index (χ0n) is 11.2. The molecule has 0 fully saturated rings. The molecule has 16 heavy (non-hydrogen) atoms. The van der Waals surface area contributed by atoms with E-state index in [4.69, 9.17) is 5.11 Å². The number of carboxylic acid groups (broad SMARTS) is 1. The van der Waals surface area contributed by atoms with Gasteiger partial charge in [0.15, 0.2) is 0 Å². The van der Waals surface area contributed by atoms with E-state index < -0.39 is 11.5 Å². The maximum atomic E-state index is 11.0. The van der Waals surface area contributed by atoms with Crippen LogP contribution in [0.2, 0.25) is 0 Å². The highest BCUT2D eigenvalue weighted by Crippen LogP contribution is 2.13. The average Bonchev–Trinajstić information content (AvgIpc) is 2.27. The van der Waals surface area contributed by atoms with Crippen molar-refractivity contribution in [2.24, 2.45) is 0 Å². The Bertz CT molecular complexity index is 221. The standard InChI is InChI=1S/C12H26N2O2/c1-6-10(2)14(5)9-7-8-12(3,13-4)11(15)16/h10,13H,6-9H2,1-5H3,(H,15,16). The third-order valence-corrected chi connectivity index (χ3v) is 3.55. The molecule has 2 unspecified atom stereocenters. The SMILES string of the molecule is CCC(C)N(C)CCCC(C)(NC)C(=O)O. The lowest BCUT2D eigenvalue weighted by Gasteiger charge is -2.27. The smallest absolute Gasteiger partial charge is 0.323 e. The topological polar surface area (TPSA) is 52.6 Å². The number of carbonyl (C=O) groups is 1. The van der Waals surface area contributed by atoms with E-state index in [1.807, 2.05) is 0 Å². The van der Waals surface area contributed by atoms with Crippen molar-refractivity contribution in [1.29, 1.82) is 0 Å². The van der Waals surface area contributed by atoms with Crippen LogP contribution in [0.25, 0.3) is 0 Å². The second-order valence-electron chi connectivity index (χ2n) is 4.73. The highest BCUT2D eigenvalue weighted by molar-refractivity contribution is 5.78. The van der Waals surface area contributed by atoms with E-state index in [1.54, 1.807) is 14.0 Å². The molecule has 0 aromatic rings. The molecule has 0 aliphatic rings. The predicted octanol–water partition coefficient (Wildman–Crippen LogP) is 1.56. The van der Waals surface area contributed by atoms with Gasteiger partial charge in [-0.1, -0.05) is 6.92 Å². The van der Waals surface area contributed by atoms with Gasteiger partial charge in [0.05, 0.1) is 0 Å². The highest BCUT2D eigenvalue weighted by Gasteiger charge is 2.30. The number of nitrogens with one attached hydrogen (secondary N) is 1. The summed E-state index contributed by atoms with van der Waals surface area (Å²) in [6, 6.07) is 0.561. The Morgan fingerprint density at radius 1 is 1.56 bits per heavy atom. The first-order valence-corrected chi connectivity index (χ1v) is 6.00. The summed E-state index contributed by atoms with van der Waals surface area (Å²) in [5.41, 5.74) is -0.795. The van der Waals surface area contributed by atoms with Gasteiger partial charge < -0.3 is 15.3 Å². The first kappa shape index (κ1) is 15.4. The molecule has 0 heterocycles. The molecular formula is C12H26N2O2. The molecule has 0 rings (SSSR count). The van der Waals surface area contributed by atoms with E-state index in [2.05, 4.69) is 31.1 Å². The van der Waals surface area contributed by atoms with Gasteiger partial charge in [-0.25, -0.2) is 0 Å². The largest absolute Gasteiger partial charge is 0.480 e. The van der Waals surface area contributed by atoms with Gasteiger partial charge in [0, 0.05) is 6.04 Å². The number of rotatable bonds is 8. The van der Waals surface area contributed by atoms with Crippen LogP contribution in [0.3, 0.4) is 0 Å². The number of hydrogen-bond acceptors (Lipinski definition) is 3. The molecule has 0 amide bonds. The van der Waals surface area contributed by atoms with Crippen LogP contribution in [0.15, 0.2) is 0 Å². The Kier molecular flexibility index (Phi) is 6.60. The van der Waals surface area contributed by atoms with Crippen molar-refractivity contribution in [3.63, 3.8) is 0 Å². The molecule has 4 heteroatoms. The van der Waals surface area contributed by atoms with Crippen LogP contribution in [0.1, 0.15) is 40.0 Å². The monoisotopic (exact) mass is 230 g/mol. The van der Waals surface area contributed by atoms with E-state index in [0.29, 0.717) is 12.5 Å². The lowest BCUT2D eigenvalue weighted by Crippen LogP contribution is -2.48. The molecule has 0 aromatic carbocycles. The summed E-state index contributed by atoms with van der Waals surface area (Å²) in [7, 11) is 3.79. The first-order chi connectivity index (χ1) is 7.37. The Morgan fingerprint density at radius 3 is 2.50 bits per heavy atom. The number of hydrogen-bond donors (Lipinski definition) is 2. The summed E-state index contributed by atoms with van der Waals surface area (Å²) >= 11 is 0. The molecule has 96 valence electrons. The minimum atomic E-state index is -0.795. The fraction of sp³-hybridized carbons (Fsp3) is 0.917. The van der Waals surface area contributed by atoms with E-state index in [9.17, 15) is 4.79 Å². The van der Waals surface area contributed by atoms with Crippen molar-refractivity contribution >= 4 is 5.97 Å². The van der Waals surface area contributed by atoms with Gasteiger partial charge in [0.25, 0.3) is 0 Å². The van der Waals surface area contributed by atoms with Crippen molar-refractivity contribution in [1.82, 2.24) is 10.2 Å². The Balaban J connectivity index is 4.01. The van der Waals surface area contributed by atoms with Crippen LogP contribution in [-0.4, -0.2) is 48.2 Å². The molecule has 0 spiro atoms. The summed E-state index contributed by atoms with van der Waals surface area (Å²) in [6.07, 6.45) is 2.67. The van der Waals surface area contributed by atoms with Crippen molar-refractivity contribution in [3.8, 4) is 0 Å². The molecule has 4 nitrogen and oxygen atoms in total. The lowest BCUT2D eigenvalue weighted by molar-refractivity contribution is -0.144. The highest BCUT2D eigenvalue weighted by atomic mass is 16.4. The predicted molar refractivity (Wildman–Crippen MR) is 66.7 cm³/mol. The fourth-order valence-corrected chi connectivity index (χ4v) is 1.55. The van der Waals surface area contributed by atoms with Gasteiger partial charge in [-0.05, 0) is 53.8 Å². The Labute approximate surface area is 99.0 Å². The normalized spacial score (nSPS) is 17.1. The van der Waals surface area contributed by atoms with Gasteiger partial charge in [-0.3, -0.25) is 4.79 Å². The van der Waals surface area contributed by atoms with Gasteiger partial charge in [0.1, 0.15) is 5.54 Å². The molecule has 0 bridgehead atoms. The van der Waals surface area contributed by atoms with Gasteiger partial charge >= 0.3 is 5.97 Å². The maximum Gasteiger partial charge on any atom is 0.323 e. The number of carboxylic acids is 1. The van der Waals surface area contributed by atoms with E-state index in [-0.39, 0.29) is 0 Å². The minimum Gasteiger partial charge on any atom is -0.480 e. The molecule has 0 aromatic heterocycles. The van der Waals surface area contributed by atoms with Crippen molar-refractivity contribution in [3.05, 3.63) is 0 Å². The van der Waals surface area contributed by atoms with E-state index in [0.717, 1.165) is 19.4 Å². The zero-order valence-corrected chi connectivity index (χ0v) is 11.2. The number of likely N-dealkylation sites (N-methyl/N-ethyl adjacent to an activating group) is 1. The second kappa shape index (κ2) is 6.86. The number of nitrogens with zero attached hydrogens (tertiary/aromatic N) is 1. The third-order valence-electron chi connectivity index (χ3n) is 3.55. The molecule has 0 aliphatic carbocycles. The van der Waals surface area contributed by atoms with Crippen molar-refractivity contribution < 1.29 is 9.90 Å². The molecule has 0 saturated carbocycles. The van der Waals surface area contributed by atoms with Crippen molar-refractivity contribution in [2.45, 2.75) is 51.6 Å². The van der Waals surface area contributed by atoms with Crippen LogP contribution in [0, 0.1) is 0 Å². The summed E-state index contributed by atoms with van der Waals surface area (Å²) in [4.78, 5) is 13.3. The van der Waals surface area contributed by atoms with Gasteiger partial charge in [-0.2, -0.15) is 0 Å². The lowest BCUT2D eigenvalue weighted by atomic mass is 9.96. The van der Waals surface area contributed by atoms with Crippen molar-refractivity contribution in [2.75, 3.05) is 20.6 Å². The number of aliphatic carboxylic acids is 1. The summed E-state index contributed by atoms with van der Waals surface area (Å²) < 4.78 is 0. The van der Waals surface area contributed by atoms with E-state index >= 15 is 0 Å². The van der Waals surface area contributed by atoms with Gasteiger partial charge in [-0.15, -0.1) is 0 Å². The zero-order chi connectivity index (χ0) is 12.8. The van der Waals surface area contributed by atoms with Crippen LogP contribution >= 0.6 is 0 Å². The van der Waals surface area contributed by atoms with Crippen LogP contribution < -0.4 is 5.32 Å². The molecule has 2 N–H and O–H groups in total. The molecule has 0 aliphatic heterocycles. The molecule has 0 saturated heterocycles. The third kappa shape index (κ3) is 4.49. The van der Waals surface area contributed by atoms with Crippen LogP contribution in [0.4, 0.5) is 0 Å². The first-order valence-electron chi connectivity index (χ1n) is 6.00. The summed E-state index contributed by atoms with van der Waals surface area (Å²) in [5, 5.41) is 12.0. The van der Waals surface area contributed by atoms with Gasteiger partial charge in [0.2, 0.25) is 0 Å². The van der Waals surface area contributed by atoms with E-state index in [1.165, 1.54) is 0 Å². The quantitative estimate of drug-likeness (QED) is 0.664. The average molecular weight is 230 g/mol. The second-order valence-corrected chi connectivity index (χ2v) is 4.73. The Morgan fingerprint density at radius 2 is 2.12 bits per heavy atom. The van der Waals surface area contributed by atoms with Crippen LogP contribution in [-0.2, 0) is 4.79 Å². The maximum absolute atomic E-state index is 11.0. The summed E-state index contributed by atoms with van der Waals surface area (Å²) in [5.74, 6) is -0.777. The Hall–Kier alpha value is -0.610. The summed E-state index contributed by atoms with van der Waals surface area (Å²) in [6.45, 7) is 7.03.